The van der Waals surface area contributed by atoms with E-state index in [1.807, 2.05) is 0 Å². The molecule has 0 rings (SSSR count). The maximum Gasteiger partial charge on any atom is 0.267 e. The Labute approximate surface area is 95.0 Å². The standard InChI is InChI=1S/C8H17NO6S/c1-9(2,3)6-8(12,5-7(10)11)15-16(4,13)14/h12H,5-6H2,1-4H3. The quantitative estimate of drug-likeness (QED) is 0.319. The fourth-order valence-corrected chi connectivity index (χ4v) is 2.04. The van der Waals surface area contributed by atoms with Gasteiger partial charge in [-0.3, -0.25) is 0 Å². The molecular formula is C8H17NO6S. The summed E-state index contributed by atoms with van der Waals surface area (Å²) in [5, 5.41) is 20.2. The van der Waals surface area contributed by atoms with Gasteiger partial charge in [0.2, 0.25) is 5.79 Å². The number of rotatable bonds is 6. The Balaban J connectivity index is 4.96. The summed E-state index contributed by atoms with van der Waals surface area (Å²) in [6, 6.07) is 0. The van der Waals surface area contributed by atoms with Gasteiger partial charge < -0.3 is 19.5 Å². The van der Waals surface area contributed by atoms with Crippen LogP contribution in [0.1, 0.15) is 6.42 Å². The van der Waals surface area contributed by atoms with Gasteiger partial charge in [-0.2, -0.15) is 8.42 Å². The minimum Gasteiger partial charge on any atom is -0.550 e. The lowest BCUT2D eigenvalue weighted by Gasteiger charge is -2.34. The summed E-state index contributed by atoms with van der Waals surface area (Å²) in [4.78, 5) is 10.4. The van der Waals surface area contributed by atoms with Gasteiger partial charge in [0, 0.05) is 12.4 Å². The van der Waals surface area contributed by atoms with Crippen molar-refractivity contribution in [3.8, 4) is 0 Å². The number of carboxylic acid groups (broad SMARTS) is 1. The van der Waals surface area contributed by atoms with E-state index in [4.69, 9.17) is 0 Å². The van der Waals surface area contributed by atoms with Crippen molar-refractivity contribution in [3.63, 3.8) is 0 Å². The Morgan fingerprint density at radius 1 is 1.44 bits per heavy atom. The lowest BCUT2D eigenvalue weighted by Crippen LogP contribution is -2.53. The second-order valence-electron chi connectivity index (χ2n) is 4.73. The van der Waals surface area contributed by atoms with Gasteiger partial charge in [0.1, 0.15) is 6.54 Å². The largest absolute Gasteiger partial charge is 0.550 e. The van der Waals surface area contributed by atoms with Crippen LogP contribution in [0, 0.1) is 0 Å². The van der Waals surface area contributed by atoms with Crippen LogP contribution in [0.15, 0.2) is 0 Å². The van der Waals surface area contributed by atoms with Crippen molar-refractivity contribution in [2.75, 3.05) is 33.9 Å². The third-order valence-electron chi connectivity index (χ3n) is 1.45. The van der Waals surface area contributed by atoms with Crippen LogP contribution in [0.2, 0.25) is 0 Å². The minimum atomic E-state index is -3.95. The van der Waals surface area contributed by atoms with E-state index in [2.05, 4.69) is 4.18 Å². The first kappa shape index (κ1) is 15.3. The number of nitrogens with zero attached hydrogens (tertiary/aromatic N) is 1. The van der Waals surface area contributed by atoms with Gasteiger partial charge in [-0.15, -0.1) is 0 Å². The highest BCUT2D eigenvalue weighted by molar-refractivity contribution is 7.86. The van der Waals surface area contributed by atoms with E-state index in [0.29, 0.717) is 0 Å². The van der Waals surface area contributed by atoms with Crippen LogP contribution in [-0.2, 0) is 19.1 Å². The van der Waals surface area contributed by atoms with E-state index >= 15 is 0 Å². The number of aliphatic hydroxyl groups is 1. The molecule has 96 valence electrons. The number of quaternary nitrogens is 1. The summed E-state index contributed by atoms with van der Waals surface area (Å²) in [6.07, 6.45) is -0.168. The number of hydrogen-bond acceptors (Lipinski definition) is 6. The van der Waals surface area contributed by atoms with Crippen molar-refractivity contribution in [3.05, 3.63) is 0 Å². The Kier molecular flexibility index (Phi) is 4.46. The summed E-state index contributed by atoms with van der Waals surface area (Å²) >= 11 is 0. The second kappa shape index (κ2) is 4.66. The third kappa shape index (κ3) is 7.57. The fraction of sp³-hybridized carbons (Fsp3) is 0.875. The average Bonchev–Trinajstić information content (AvgIpc) is 1.69. The molecule has 0 aromatic carbocycles. The van der Waals surface area contributed by atoms with Crippen molar-refractivity contribution in [1.29, 1.82) is 0 Å². The zero-order chi connectivity index (χ0) is 13.2. The number of hydrogen-bond donors (Lipinski definition) is 1. The molecule has 0 spiro atoms. The molecule has 0 saturated carbocycles. The Hall–Kier alpha value is -0.700. The third-order valence-corrected chi connectivity index (χ3v) is 2.06. The minimum absolute atomic E-state index is 0.138. The lowest BCUT2D eigenvalue weighted by atomic mass is 10.2. The Morgan fingerprint density at radius 3 is 2.12 bits per heavy atom. The van der Waals surface area contributed by atoms with E-state index in [0.717, 1.165) is 6.26 Å². The maximum absolute atomic E-state index is 10.9. The van der Waals surface area contributed by atoms with Gasteiger partial charge in [-0.05, 0) is 0 Å². The fourth-order valence-electron chi connectivity index (χ4n) is 1.36. The number of carboxylic acids is 1. The molecule has 0 aliphatic carbocycles. The Bertz CT molecular complexity index is 357. The van der Waals surface area contributed by atoms with E-state index in [9.17, 15) is 23.4 Å². The molecule has 1 unspecified atom stereocenters. The molecule has 0 aromatic rings. The molecule has 1 N–H and O–H groups in total. The topological polar surface area (TPSA) is 104 Å². The van der Waals surface area contributed by atoms with E-state index in [-0.39, 0.29) is 11.0 Å². The molecule has 0 fully saturated rings. The summed E-state index contributed by atoms with van der Waals surface area (Å²) in [7, 11) is 1.02. The molecule has 0 aliphatic heterocycles. The molecule has 16 heavy (non-hydrogen) atoms. The SMILES string of the molecule is C[N+](C)(C)CC(O)(CC(=O)[O-])OS(C)(=O)=O. The van der Waals surface area contributed by atoms with Crippen molar-refractivity contribution < 1.29 is 32.1 Å². The van der Waals surface area contributed by atoms with Crippen LogP contribution < -0.4 is 5.11 Å². The van der Waals surface area contributed by atoms with E-state index in [1.165, 1.54) is 0 Å². The van der Waals surface area contributed by atoms with Crippen LogP contribution >= 0.6 is 0 Å². The van der Waals surface area contributed by atoms with E-state index < -0.39 is 28.3 Å². The van der Waals surface area contributed by atoms with Crippen LogP contribution in [0.3, 0.4) is 0 Å². The predicted octanol–water partition coefficient (Wildman–Crippen LogP) is -2.50. The molecule has 0 heterocycles. The summed E-state index contributed by atoms with van der Waals surface area (Å²) in [5.41, 5.74) is 0. The zero-order valence-corrected chi connectivity index (χ0v) is 10.6. The number of aliphatic carboxylic acids is 1. The molecule has 8 heteroatoms. The first-order valence-corrected chi connectivity index (χ1v) is 6.28. The molecule has 7 nitrogen and oxygen atoms in total. The van der Waals surface area contributed by atoms with E-state index in [1.54, 1.807) is 21.1 Å². The van der Waals surface area contributed by atoms with Crippen molar-refractivity contribution in [1.82, 2.24) is 0 Å². The Morgan fingerprint density at radius 2 is 1.88 bits per heavy atom. The van der Waals surface area contributed by atoms with Crippen LogP contribution in [-0.4, -0.2) is 63.7 Å². The molecule has 0 aromatic heterocycles. The molecule has 0 saturated heterocycles. The van der Waals surface area contributed by atoms with Gasteiger partial charge in [-0.1, -0.05) is 0 Å². The second-order valence-corrected chi connectivity index (χ2v) is 6.31. The highest BCUT2D eigenvalue weighted by atomic mass is 32.2. The summed E-state index contributed by atoms with van der Waals surface area (Å²) in [5.74, 6) is -3.87. The molecule has 1 atom stereocenters. The number of carbonyl (C=O) groups is 1. The highest BCUT2D eigenvalue weighted by Crippen LogP contribution is 2.18. The maximum atomic E-state index is 10.9. The molecular weight excluding hydrogens is 238 g/mol. The lowest BCUT2D eigenvalue weighted by molar-refractivity contribution is -0.880. The average molecular weight is 255 g/mol. The highest BCUT2D eigenvalue weighted by Gasteiger charge is 2.38. The smallest absolute Gasteiger partial charge is 0.267 e. The number of carbonyl (C=O) groups excluding carboxylic acids is 1. The van der Waals surface area contributed by atoms with Gasteiger partial charge in [0.15, 0.2) is 0 Å². The van der Waals surface area contributed by atoms with Crippen LogP contribution in [0.4, 0.5) is 0 Å². The molecule has 0 bridgehead atoms. The first-order valence-electron chi connectivity index (χ1n) is 4.46. The number of likely N-dealkylation sites (N-methyl/N-ethyl adjacent to an activating group) is 1. The van der Waals surface area contributed by atoms with Crippen molar-refractivity contribution in [2.45, 2.75) is 12.2 Å². The summed E-state index contributed by atoms with van der Waals surface area (Å²) in [6.45, 7) is -0.200. The zero-order valence-electron chi connectivity index (χ0n) is 9.76. The van der Waals surface area contributed by atoms with Crippen molar-refractivity contribution >= 4 is 16.1 Å². The van der Waals surface area contributed by atoms with Crippen LogP contribution in [0.5, 0.6) is 0 Å². The molecule has 0 aliphatic rings. The van der Waals surface area contributed by atoms with Gasteiger partial charge in [0.05, 0.1) is 27.4 Å². The first-order chi connectivity index (χ1) is 6.83. The molecule has 0 amide bonds. The van der Waals surface area contributed by atoms with Crippen molar-refractivity contribution in [2.24, 2.45) is 0 Å². The van der Waals surface area contributed by atoms with Gasteiger partial charge >= 0.3 is 0 Å². The summed E-state index contributed by atoms with van der Waals surface area (Å²) < 4.78 is 26.4. The predicted molar refractivity (Wildman–Crippen MR) is 53.4 cm³/mol. The molecule has 0 radical (unpaired) electrons. The monoisotopic (exact) mass is 255 g/mol. The van der Waals surface area contributed by atoms with Gasteiger partial charge in [0.25, 0.3) is 10.1 Å². The van der Waals surface area contributed by atoms with Gasteiger partial charge in [-0.25, -0.2) is 4.18 Å². The van der Waals surface area contributed by atoms with Crippen LogP contribution in [0.25, 0.3) is 0 Å². The normalized spacial score (nSPS) is 16.8.